The molecule has 7 heteroatoms. The first-order valence-electron chi connectivity index (χ1n) is 6.93. The van der Waals surface area contributed by atoms with Gasteiger partial charge in [0.1, 0.15) is 5.76 Å². The van der Waals surface area contributed by atoms with Crippen molar-refractivity contribution in [3.05, 3.63) is 29.3 Å². The molecule has 114 valence electrons. The zero-order chi connectivity index (χ0) is 15.4. The van der Waals surface area contributed by atoms with Crippen LogP contribution in [0.25, 0.3) is 0 Å². The highest BCUT2D eigenvalue weighted by Crippen LogP contribution is 2.07. The molecule has 1 atom stereocenters. The average molecular weight is 291 g/mol. The molecular weight excluding hydrogens is 270 g/mol. The number of aromatic nitrogens is 3. The zero-order valence-electron chi connectivity index (χ0n) is 12.8. The normalized spacial score (nSPS) is 12.2. The maximum atomic E-state index is 11.7. The van der Waals surface area contributed by atoms with Crippen molar-refractivity contribution in [3.63, 3.8) is 0 Å². The second kappa shape index (κ2) is 6.43. The predicted octanol–water partition coefficient (Wildman–Crippen LogP) is 2.25. The molecule has 0 saturated heterocycles. The van der Waals surface area contributed by atoms with Crippen LogP contribution in [-0.4, -0.2) is 27.5 Å². The second-order valence-electron chi connectivity index (χ2n) is 5.37. The van der Waals surface area contributed by atoms with E-state index in [4.69, 9.17) is 4.52 Å². The van der Waals surface area contributed by atoms with Crippen LogP contribution in [0.1, 0.15) is 24.1 Å². The van der Waals surface area contributed by atoms with E-state index >= 15 is 0 Å². The van der Waals surface area contributed by atoms with E-state index < -0.39 is 0 Å². The number of carbonyl (C=O) groups is 1. The van der Waals surface area contributed by atoms with Crippen molar-refractivity contribution >= 4 is 11.8 Å². The van der Waals surface area contributed by atoms with E-state index in [-0.39, 0.29) is 11.9 Å². The Morgan fingerprint density at radius 2 is 2.14 bits per heavy atom. The van der Waals surface area contributed by atoms with Crippen LogP contribution in [0.4, 0.5) is 10.6 Å². The molecule has 2 aromatic rings. The Morgan fingerprint density at radius 1 is 1.38 bits per heavy atom. The lowest BCUT2D eigenvalue weighted by Gasteiger charge is -2.14. The van der Waals surface area contributed by atoms with Crippen molar-refractivity contribution in [2.24, 2.45) is 5.92 Å². The third-order valence-electron chi connectivity index (χ3n) is 3.07. The van der Waals surface area contributed by atoms with Gasteiger partial charge in [-0.1, -0.05) is 12.1 Å². The van der Waals surface area contributed by atoms with E-state index in [9.17, 15) is 4.79 Å². The summed E-state index contributed by atoms with van der Waals surface area (Å²) in [5.41, 5.74) is 2.13. The summed E-state index contributed by atoms with van der Waals surface area (Å²) in [4.78, 5) is 11.7. The summed E-state index contributed by atoms with van der Waals surface area (Å²) in [6, 6.07) is 3.42. The van der Waals surface area contributed by atoms with Crippen molar-refractivity contribution in [2.75, 3.05) is 11.9 Å². The largest absolute Gasteiger partial charge is 0.360 e. The monoisotopic (exact) mass is 291 g/mol. The van der Waals surface area contributed by atoms with Gasteiger partial charge in [-0.15, -0.1) is 0 Å². The van der Waals surface area contributed by atoms with Crippen LogP contribution in [0.5, 0.6) is 0 Å². The Balaban J connectivity index is 1.77. The fourth-order valence-electron chi connectivity index (χ4n) is 2.07. The average Bonchev–Trinajstić information content (AvgIpc) is 2.93. The fraction of sp³-hybridized carbons (Fsp3) is 0.500. The van der Waals surface area contributed by atoms with Crippen LogP contribution in [0.3, 0.4) is 0 Å². The number of nitrogens with one attached hydrogen (secondary N) is 2. The van der Waals surface area contributed by atoms with Gasteiger partial charge in [-0.2, -0.15) is 5.10 Å². The predicted molar refractivity (Wildman–Crippen MR) is 79.1 cm³/mol. The molecule has 2 amide bonds. The highest BCUT2D eigenvalue weighted by atomic mass is 16.5. The fourth-order valence-corrected chi connectivity index (χ4v) is 2.07. The van der Waals surface area contributed by atoms with Gasteiger partial charge in [0, 0.05) is 24.8 Å². The first-order chi connectivity index (χ1) is 9.94. The van der Waals surface area contributed by atoms with Crippen molar-refractivity contribution in [1.29, 1.82) is 0 Å². The maximum Gasteiger partial charge on any atom is 0.320 e. The van der Waals surface area contributed by atoms with E-state index in [1.165, 1.54) is 0 Å². The minimum Gasteiger partial charge on any atom is -0.360 e. The van der Waals surface area contributed by atoms with Gasteiger partial charge >= 0.3 is 6.03 Å². The molecule has 0 spiro atoms. The smallest absolute Gasteiger partial charge is 0.320 e. The molecule has 2 aromatic heterocycles. The van der Waals surface area contributed by atoms with Crippen molar-refractivity contribution in [3.8, 4) is 0 Å². The van der Waals surface area contributed by atoms with E-state index in [1.54, 1.807) is 13.0 Å². The molecule has 0 aliphatic rings. The number of urea groups is 1. The van der Waals surface area contributed by atoms with Gasteiger partial charge < -0.3 is 9.84 Å². The summed E-state index contributed by atoms with van der Waals surface area (Å²) in [7, 11) is 0. The number of aryl methyl sites for hydroxylation is 3. The summed E-state index contributed by atoms with van der Waals surface area (Å²) in [5, 5.41) is 13.6. The number of rotatable bonds is 5. The lowest BCUT2D eigenvalue weighted by atomic mass is 10.2. The first-order valence-corrected chi connectivity index (χ1v) is 6.93. The van der Waals surface area contributed by atoms with E-state index in [0.717, 1.165) is 17.9 Å². The molecule has 21 heavy (non-hydrogen) atoms. The van der Waals surface area contributed by atoms with Gasteiger partial charge in [0.15, 0.2) is 5.82 Å². The Hall–Kier alpha value is -2.31. The molecular formula is C14H21N5O2. The van der Waals surface area contributed by atoms with Crippen molar-refractivity contribution in [1.82, 2.24) is 20.3 Å². The number of hydrogen-bond donors (Lipinski definition) is 2. The molecule has 0 bridgehead atoms. The molecule has 0 saturated carbocycles. The molecule has 2 heterocycles. The third kappa shape index (κ3) is 4.34. The molecule has 0 fully saturated rings. The summed E-state index contributed by atoms with van der Waals surface area (Å²) >= 11 is 0. The Morgan fingerprint density at radius 3 is 2.71 bits per heavy atom. The quantitative estimate of drug-likeness (QED) is 0.884. The van der Waals surface area contributed by atoms with Gasteiger partial charge in [0.25, 0.3) is 0 Å². The lowest BCUT2D eigenvalue weighted by molar-refractivity contribution is 0.249. The minimum absolute atomic E-state index is 0.271. The first kappa shape index (κ1) is 15.1. The van der Waals surface area contributed by atoms with Crippen LogP contribution < -0.4 is 10.6 Å². The van der Waals surface area contributed by atoms with Gasteiger partial charge in [0.05, 0.1) is 5.69 Å². The summed E-state index contributed by atoms with van der Waals surface area (Å²) in [5.74, 6) is 1.34. The number of hydrogen-bond acceptors (Lipinski definition) is 4. The molecule has 2 N–H and O–H groups in total. The summed E-state index contributed by atoms with van der Waals surface area (Å²) in [6.45, 7) is 9.16. The van der Waals surface area contributed by atoms with Crippen molar-refractivity contribution in [2.45, 2.75) is 34.2 Å². The van der Waals surface area contributed by atoms with Crippen LogP contribution in [0.2, 0.25) is 0 Å². The Kier molecular flexibility index (Phi) is 4.62. The molecule has 0 radical (unpaired) electrons. The SMILES string of the molecule is Cc1cc(C)n(C[C@@H](C)CNC(=O)Nc2cc(C)on2)n1. The van der Waals surface area contributed by atoms with Crippen molar-refractivity contribution < 1.29 is 9.32 Å². The van der Waals surface area contributed by atoms with E-state index in [0.29, 0.717) is 18.1 Å². The molecule has 0 aromatic carbocycles. The maximum absolute atomic E-state index is 11.7. The topological polar surface area (TPSA) is 85.0 Å². The molecule has 7 nitrogen and oxygen atoms in total. The van der Waals surface area contributed by atoms with E-state index in [1.807, 2.05) is 24.6 Å². The molecule has 0 unspecified atom stereocenters. The highest BCUT2D eigenvalue weighted by molar-refractivity contribution is 5.88. The third-order valence-corrected chi connectivity index (χ3v) is 3.07. The van der Waals surface area contributed by atoms with Gasteiger partial charge in [-0.3, -0.25) is 10.00 Å². The molecule has 0 aliphatic carbocycles. The van der Waals surface area contributed by atoms with E-state index in [2.05, 4.69) is 27.8 Å². The minimum atomic E-state index is -0.288. The van der Waals surface area contributed by atoms with Crippen LogP contribution in [0, 0.1) is 26.7 Å². The summed E-state index contributed by atoms with van der Waals surface area (Å²) < 4.78 is 6.84. The number of nitrogens with zero attached hydrogens (tertiary/aromatic N) is 3. The van der Waals surface area contributed by atoms with Crippen LogP contribution >= 0.6 is 0 Å². The molecule has 2 rings (SSSR count). The van der Waals surface area contributed by atoms with Crippen LogP contribution in [-0.2, 0) is 6.54 Å². The molecule has 0 aliphatic heterocycles. The van der Waals surface area contributed by atoms with Gasteiger partial charge in [-0.25, -0.2) is 4.79 Å². The highest BCUT2D eigenvalue weighted by Gasteiger charge is 2.10. The van der Waals surface area contributed by atoms with Gasteiger partial charge in [0.2, 0.25) is 0 Å². The Bertz CT molecular complexity index is 617. The lowest BCUT2D eigenvalue weighted by Crippen LogP contribution is -2.33. The Labute approximate surface area is 123 Å². The number of anilines is 1. The standard InChI is InChI=1S/C14H21N5O2/c1-9(8-19-11(3)5-10(2)17-19)7-15-14(20)16-13-6-12(4)21-18-13/h5-6,9H,7-8H2,1-4H3,(H2,15,16,18,20)/t9-/m0/s1. The summed E-state index contributed by atoms with van der Waals surface area (Å²) in [6.07, 6.45) is 0. The zero-order valence-corrected chi connectivity index (χ0v) is 12.8. The second-order valence-corrected chi connectivity index (χ2v) is 5.37. The van der Waals surface area contributed by atoms with Crippen LogP contribution in [0.15, 0.2) is 16.7 Å². The number of amides is 2. The van der Waals surface area contributed by atoms with Gasteiger partial charge in [-0.05, 0) is 32.8 Å². The number of carbonyl (C=O) groups excluding carboxylic acids is 1.